The van der Waals surface area contributed by atoms with Gasteiger partial charge in [-0.1, -0.05) is 48.5 Å². The maximum atomic E-state index is 13.5. The molecule has 0 aliphatic carbocycles. The first kappa shape index (κ1) is 20.4. The highest BCUT2D eigenvalue weighted by Gasteiger charge is 2.45. The summed E-state index contributed by atoms with van der Waals surface area (Å²) < 4.78 is 11.0. The molecule has 2 atom stereocenters. The van der Waals surface area contributed by atoms with Gasteiger partial charge >= 0.3 is 6.02 Å². The van der Waals surface area contributed by atoms with Gasteiger partial charge in [-0.15, -0.1) is 10.1 Å². The van der Waals surface area contributed by atoms with Gasteiger partial charge in [0, 0.05) is 11.1 Å². The highest BCUT2D eigenvalue weighted by atomic mass is 16.5. The lowest BCUT2D eigenvalue weighted by Crippen LogP contribution is -2.53. The van der Waals surface area contributed by atoms with Gasteiger partial charge in [0.1, 0.15) is 17.8 Å². The number of hydrogen-bond donors (Lipinski definition) is 1. The van der Waals surface area contributed by atoms with Crippen LogP contribution in [-0.2, 0) is 9.53 Å². The molecule has 0 saturated heterocycles. The van der Waals surface area contributed by atoms with E-state index in [-0.39, 0.29) is 17.8 Å². The minimum absolute atomic E-state index is 0.0740. The van der Waals surface area contributed by atoms with E-state index < -0.39 is 18.0 Å². The van der Waals surface area contributed by atoms with E-state index in [4.69, 9.17) is 9.47 Å². The predicted octanol–water partition coefficient (Wildman–Crippen LogP) is 3.13. The summed E-state index contributed by atoms with van der Waals surface area (Å²) in [6.45, 7) is 0. The van der Waals surface area contributed by atoms with Crippen LogP contribution in [0.5, 0.6) is 5.75 Å². The average Bonchev–Trinajstić information content (AvgIpc) is 3.31. The Hall–Kier alpha value is -4.46. The molecule has 2 heterocycles. The molecule has 3 aromatic carbocycles. The number of amidine groups is 1. The number of rotatable bonds is 5. The number of aliphatic imine (C=N–C) groups is 1. The molecule has 3 aromatic rings. The van der Waals surface area contributed by atoms with Gasteiger partial charge in [-0.2, -0.15) is 0 Å². The van der Waals surface area contributed by atoms with Crippen molar-refractivity contribution in [3.63, 3.8) is 0 Å². The third-order valence-corrected chi connectivity index (χ3v) is 5.40. The van der Waals surface area contributed by atoms with Gasteiger partial charge in [0.05, 0.1) is 7.11 Å². The van der Waals surface area contributed by atoms with Gasteiger partial charge < -0.3 is 14.8 Å². The summed E-state index contributed by atoms with van der Waals surface area (Å²) in [5.41, 5.74) is 1.90. The number of ether oxygens (including phenoxy) is 2. The molecule has 8 nitrogen and oxygen atoms in total. The van der Waals surface area contributed by atoms with Crippen LogP contribution < -0.4 is 10.1 Å². The largest absolute Gasteiger partial charge is 0.497 e. The third-order valence-electron chi connectivity index (χ3n) is 5.40. The van der Waals surface area contributed by atoms with Crippen LogP contribution in [0.25, 0.3) is 0 Å². The van der Waals surface area contributed by atoms with E-state index in [0.717, 1.165) is 10.6 Å². The molecular formula is C25H20N4O4. The Kier molecular flexibility index (Phi) is 5.32. The van der Waals surface area contributed by atoms with Crippen LogP contribution in [0.4, 0.5) is 0 Å². The highest BCUT2D eigenvalue weighted by Crippen LogP contribution is 2.31. The van der Waals surface area contributed by atoms with Gasteiger partial charge in [0.25, 0.3) is 11.8 Å². The van der Waals surface area contributed by atoms with Gasteiger partial charge in [0.15, 0.2) is 0 Å². The average molecular weight is 440 g/mol. The Morgan fingerprint density at radius 3 is 2.30 bits per heavy atom. The van der Waals surface area contributed by atoms with E-state index in [1.165, 1.54) is 0 Å². The fourth-order valence-corrected chi connectivity index (χ4v) is 3.69. The van der Waals surface area contributed by atoms with Crippen molar-refractivity contribution in [2.24, 2.45) is 10.1 Å². The summed E-state index contributed by atoms with van der Waals surface area (Å²) >= 11 is 0. The Morgan fingerprint density at radius 1 is 0.970 bits per heavy atom. The lowest BCUT2D eigenvalue weighted by atomic mass is 9.97. The number of amides is 2. The summed E-state index contributed by atoms with van der Waals surface area (Å²) in [6, 6.07) is 23.6. The Bertz CT molecular complexity index is 1240. The molecule has 0 spiro atoms. The molecule has 2 aliphatic rings. The van der Waals surface area contributed by atoms with Crippen LogP contribution in [0.2, 0.25) is 0 Å². The van der Waals surface area contributed by atoms with E-state index in [1.807, 2.05) is 36.4 Å². The topological polar surface area (TPSA) is 92.6 Å². The zero-order chi connectivity index (χ0) is 22.8. The van der Waals surface area contributed by atoms with Crippen molar-refractivity contribution in [2.75, 3.05) is 7.11 Å². The Morgan fingerprint density at radius 2 is 1.64 bits per heavy atom. The zero-order valence-corrected chi connectivity index (χ0v) is 17.7. The van der Waals surface area contributed by atoms with Gasteiger partial charge in [-0.25, -0.2) is 4.99 Å². The maximum absolute atomic E-state index is 13.5. The number of fused-ring (bicyclic) bond motifs is 1. The maximum Gasteiger partial charge on any atom is 0.323 e. The smallest absolute Gasteiger partial charge is 0.323 e. The van der Waals surface area contributed by atoms with E-state index in [2.05, 4.69) is 15.4 Å². The first-order chi connectivity index (χ1) is 16.1. The molecule has 2 amide bonds. The van der Waals surface area contributed by atoms with Crippen LogP contribution in [0.3, 0.4) is 0 Å². The van der Waals surface area contributed by atoms with Crippen LogP contribution >= 0.6 is 0 Å². The second-order valence-electron chi connectivity index (χ2n) is 7.47. The molecule has 0 fully saturated rings. The SMILES string of the molecule is COc1ccc(C2=NN3C(=O)C(NC(=O)c4ccccc4)C(c4ccccc4)N=C3O2)cc1. The third kappa shape index (κ3) is 3.94. The fraction of sp³-hybridized carbons (Fsp3) is 0.120. The van der Waals surface area contributed by atoms with Crippen molar-refractivity contribution in [2.45, 2.75) is 12.1 Å². The summed E-state index contributed by atoms with van der Waals surface area (Å²) in [5.74, 6) is 0.137. The van der Waals surface area contributed by atoms with E-state index >= 15 is 0 Å². The van der Waals surface area contributed by atoms with E-state index in [0.29, 0.717) is 16.9 Å². The molecule has 164 valence electrons. The minimum Gasteiger partial charge on any atom is -0.497 e. The van der Waals surface area contributed by atoms with Crippen molar-refractivity contribution in [1.29, 1.82) is 0 Å². The van der Waals surface area contributed by atoms with Crippen LogP contribution in [0.15, 0.2) is 95.0 Å². The van der Waals surface area contributed by atoms with Crippen LogP contribution in [-0.4, -0.2) is 41.9 Å². The highest BCUT2D eigenvalue weighted by molar-refractivity contribution is 6.12. The summed E-state index contributed by atoms with van der Waals surface area (Å²) in [4.78, 5) is 31.0. The van der Waals surface area contributed by atoms with Crippen molar-refractivity contribution < 1.29 is 19.1 Å². The molecule has 1 N–H and O–H groups in total. The lowest BCUT2D eigenvalue weighted by Gasteiger charge is -2.30. The standard InChI is InChI=1S/C25H20N4O4/c1-32-19-14-12-18(13-15-19)23-28-29-24(31)21(26-22(30)17-10-6-3-7-11-17)20(27-25(29)33-23)16-8-4-2-5-9-16/h2-15,20-21H,1H3,(H,26,30). The second kappa shape index (κ2) is 8.58. The molecule has 2 unspecified atom stereocenters. The van der Waals surface area contributed by atoms with Crippen molar-refractivity contribution in [3.8, 4) is 5.75 Å². The molecular weight excluding hydrogens is 420 g/mol. The Balaban J connectivity index is 1.48. The van der Waals surface area contributed by atoms with Crippen molar-refractivity contribution >= 4 is 23.7 Å². The first-order valence-electron chi connectivity index (χ1n) is 10.4. The number of benzene rings is 3. The number of carbonyl (C=O) groups excluding carboxylic acids is 2. The number of methoxy groups -OCH3 is 1. The number of hydrazone groups is 1. The van der Waals surface area contributed by atoms with Crippen molar-refractivity contribution in [3.05, 3.63) is 102 Å². The summed E-state index contributed by atoms with van der Waals surface area (Å²) in [6.07, 6.45) is 0. The number of hydrogen-bond acceptors (Lipinski definition) is 6. The first-order valence-corrected chi connectivity index (χ1v) is 10.4. The number of nitrogens with zero attached hydrogens (tertiary/aromatic N) is 3. The molecule has 5 rings (SSSR count). The quantitative estimate of drug-likeness (QED) is 0.660. The number of nitrogens with one attached hydrogen (secondary N) is 1. The predicted molar refractivity (Wildman–Crippen MR) is 122 cm³/mol. The molecule has 0 saturated carbocycles. The Labute approximate surface area is 190 Å². The summed E-state index contributed by atoms with van der Waals surface area (Å²) in [7, 11) is 1.58. The molecule has 0 aromatic heterocycles. The molecule has 33 heavy (non-hydrogen) atoms. The number of carbonyl (C=O) groups is 2. The van der Waals surface area contributed by atoms with Crippen molar-refractivity contribution in [1.82, 2.24) is 10.3 Å². The van der Waals surface area contributed by atoms with Gasteiger partial charge in [-0.3, -0.25) is 9.59 Å². The lowest BCUT2D eigenvalue weighted by molar-refractivity contribution is -0.131. The molecule has 0 bridgehead atoms. The summed E-state index contributed by atoms with van der Waals surface area (Å²) in [5, 5.41) is 8.27. The van der Waals surface area contributed by atoms with Crippen LogP contribution in [0, 0.1) is 0 Å². The normalized spacial score (nSPS) is 19.2. The minimum atomic E-state index is -0.952. The monoisotopic (exact) mass is 440 g/mol. The second-order valence-corrected chi connectivity index (χ2v) is 7.47. The van der Waals surface area contributed by atoms with Gasteiger partial charge in [0.2, 0.25) is 5.90 Å². The van der Waals surface area contributed by atoms with Gasteiger partial charge in [-0.05, 0) is 42.0 Å². The molecule has 8 heteroatoms. The zero-order valence-electron chi connectivity index (χ0n) is 17.7. The molecule has 2 aliphatic heterocycles. The molecule has 0 radical (unpaired) electrons. The fourth-order valence-electron chi connectivity index (χ4n) is 3.69. The van der Waals surface area contributed by atoms with E-state index in [1.54, 1.807) is 55.6 Å². The van der Waals surface area contributed by atoms with E-state index in [9.17, 15) is 9.59 Å². The van der Waals surface area contributed by atoms with Crippen LogP contribution in [0.1, 0.15) is 27.5 Å².